The van der Waals surface area contributed by atoms with Crippen molar-refractivity contribution in [2.24, 2.45) is 10.8 Å². The van der Waals surface area contributed by atoms with E-state index < -0.39 is 0 Å². The standard InChI is InChI=1S/C22H29N3O3S/c1-4-16(2)17-9-11-19(12-10-17)27-13-6-14-28-21-18(15-24-25-22(23)29)7-5-8-20(21)26-3/h5,7-12,15-16H,4,6,13-14H2,1-3H3,(H3,23,25,29)/b24-15-/t16-/m1/s1. The van der Waals surface area contributed by atoms with Gasteiger partial charge >= 0.3 is 0 Å². The van der Waals surface area contributed by atoms with Crippen LogP contribution in [0.5, 0.6) is 17.2 Å². The molecule has 0 saturated heterocycles. The fourth-order valence-corrected chi connectivity index (χ4v) is 2.72. The van der Waals surface area contributed by atoms with Crippen LogP contribution in [0.4, 0.5) is 0 Å². The Morgan fingerprint density at radius 2 is 1.90 bits per heavy atom. The summed E-state index contributed by atoms with van der Waals surface area (Å²) in [6.07, 6.45) is 3.45. The summed E-state index contributed by atoms with van der Waals surface area (Å²) in [4.78, 5) is 0. The maximum atomic E-state index is 5.93. The van der Waals surface area contributed by atoms with E-state index in [4.69, 9.17) is 32.2 Å². The minimum absolute atomic E-state index is 0.0981. The second-order valence-corrected chi connectivity index (χ2v) is 6.98. The lowest BCUT2D eigenvalue weighted by Crippen LogP contribution is -2.24. The van der Waals surface area contributed by atoms with E-state index in [1.165, 1.54) is 5.56 Å². The molecule has 2 rings (SSSR count). The fraction of sp³-hybridized carbons (Fsp3) is 0.364. The van der Waals surface area contributed by atoms with Gasteiger partial charge in [-0.2, -0.15) is 5.10 Å². The number of para-hydroxylation sites is 1. The average Bonchev–Trinajstić information content (AvgIpc) is 2.73. The third-order valence-electron chi connectivity index (χ3n) is 4.47. The molecule has 2 aromatic rings. The molecule has 0 aliphatic carbocycles. The van der Waals surface area contributed by atoms with Gasteiger partial charge < -0.3 is 19.9 Å². The highest BCUT2D eigenvalue weighted by atomic mass is 32.1. The minimum Gasteiger partial charge on any atom is -0.493 e. The lowest BCUT2D eigenvalue weighted by molar-refractivity contribution is 0.240. The van der Waals surface area contributed by atoms with Gasteiger partial charge in [0.1, 0.15) is 5.75 Å². The Hall–Kier alpha value is -2.80. The third-order valence-corrected chi connectivity index (χ3v) is 4.56. The predicted molar refractivity (Wildman–Crippen MR) is 121 cm³/mol. The number of methoxy groups -OCH3 is 1. The first kappa shape index (κ1) is 22.5. The van der Waals surface area contributed by atoms with E-state index in [9.17, 15) is 0 Å². The number of hydrogen-bond donors (Lipinski definition) is 2. The molecular formula is C22H29N3O3S. The molecule has 6 nitrogen and oxygen atoms in total. The largest absolute Gasteiger partial charge is 0.493 e. The zero-order chi connectivity index (χ0) is 21.1. The fourth-order valence-electron chi connectivity index (χ4n) is 2.67. The lowest BCUT2D eigenvalue weighted by atomic mass is 9.99. The second kappa shape index (κ2) is 11.9. The average molecular weight is 416 g/mol. The van der Waals surface area contributed by atoms with Crippen LogP contribution in [-0.4, -0.2) is 31.7 Å². The van der Waals surface area contributed by atoms with Crippen molar-refractivity contribution < 1.29 is 14.2 Å². The first-order valence-corrected chi connectivity index (χ1v) is 10.1. The molecule has 0 fully saturated rings. The number of ether oxygens (including phenoxy) is 3. The van der Waals surface area contributed by atoms with Crippen molar-refractivity contribution in [3.8, 4) is 17.2 Å². The molecule has 7 heteroatoms. The van der Waals surface area contributed by atoms with Crippen molar-refractivity contribution in [2.45, 2.75) is 32.6 Å². The predicted octanol–water partition coefficient (Wildman–Crippen LogP) is 4.22. The van der Waals surface area contributed by atoms with Crippen molar-refractivity contribution in [1.29, 1.82) is 0 Å². The Morgan fingerprint density at radius 1 is 1.17 bits per heavy atom. The van der Waals surface area contributed by atoms with E-state index in [-0.39, 0.29) is 5.11 Å². The zero-order valence-corrected chi connectivity index (χ0v) is 18.0. The lowest BCUT2D eigenvalue weighted by Gasteiger charge is -2.14. The van der Waals surface area contributed by atoms with Crippen LogP contribution in [0.1, 0.15) is 43.7 Å². The molecule has 3 N–H and O–H groups in total. The number of hydrogen-bond acceptors (Lipinski definition) is 5. The molecule has 156 valence electrons. The summed E-state index contributed by atoms with van der Waals surface area (Å²) in [5.41, 5.74) is 10.00. The van der Waals surface area contributed by atoms with Crippen molar-refractivity contribution >= 4 is 23.5 Å². The summed E-state index contributed by atoms with van der Waals surface area (Å²) in [6.45, 7) is 5.46. The van der Waals surface area contributed by atoms with Crippen molar-refractivity contribution in [3.63, 3.8) is 0 Å². The Morgan fingerprint density at radius 3 is 2.55 bits per heavy atom. The molecule has 0 radical (unpaired) electrons. The summed E-state index contributed by atoms with van der Waals surface area (Å²) in [7, 11) is 1.60. The molecule has 0 aromatic heterocycles. The van der Waals surface area contributed by atoms with Gasteiger partial charge in [-0.25, -0.2) is 0 Å². The molecule has 0 unspecified atom stereocenters. The quantitative estimate of drug-likeness (QED) is 0.248. The highest BCUT2D eigenvalue weighted by molar-refractivity contribution is 7.80. The first-order chi connectivity index (χ1) is 14.0. The van der Waals surface area contributed by atoms with E-state index in [0.717, 1.165) is 24.2 Å². The van der Waals surface area contributed by atoms with Crippen LogP contribution in [0.3, 0.4) is 0 Å². The SMILES string of the molecule is CC[C@@H](C)c1ccc(OCCCOc2c(/C=N\NC(N)=S)cccc2OC)cc1. The topological polar surface area (TPSA) is 78.1 Å². The number of hydrazone groups is 1. The molecular weight excluding hydrogens is 386 g/mol. The summed E-state index contributed by atoms with van der Waals surface area (Å²) in [6, 6.07) is 13.9. The molecule has 1 atom stereocenters. The van der Waals surface area contributed by atoms with Gasteiger partial charge in [0.15, 0.2) is 16.6 Å². The second-order valence-electron chi connectivity index (χ2n) is 6.54. The van der Waals surface area contributed by atoms with Gasteiger partial charge in [-0.1, -0.05) is 32.0 Å². The van der Waals surface area contributed by atoms with Gasteiger partial charge in [0, 0.05) is 12.0 Å². The molecule has 0 heterocycles. The zero-order valence-electron chi connectivity index (χ0n) is 17.2. The van der Waals surface area contributed by atoms with Crippen LogP contribution >= 0.6 is 12.2 Å². The minimum atomic E-state index is 0.0981. The molecule has 2 aromatic carbocycles. The van der Waals surface area contributed by atoms with Crippen LogP contribution in [0.15, 0.2) is 47.6 Å². The number of thiocarbonyl (C=S) groups is 1. The summed E-state index contributed by atoms with van der Waals surface area (Å²) in [5.74, 6) is 2.67. The van der Waals surface area contributed by atoms with Gasteiger partial charge in [0.05, 0.1) is 26.5 Å². The maximum Gasteiger partial charge on any atom is 0.184 e. The number of benzene rings is 2. The van der Waals surface area contributed by atoms with E-state index in [1.807, 2.05) is 30.3 Å². The number of nitrogens with one attached hydrogen (secondary N) is 1. The van der Waals surface area contributed by atoms with E-state index in [2.05, 4.69) is 36.5 Å². The summed E-state index contributed by atoms with van der Waals surface area (Å²) < 4.78 is 17.1. The third kappa shape index (κ3) is 7.27. The van der Waals surface area contributed by atoms with Crippen molar-refractivity contribution in [2.75, 3.05) is 20.3 Å². The summed E-state index contributed by atoms with van der Waals surface area (Å²) in [5, 5.41) is 4.08. The van der Waals surface area contributed by atoms with Crippen molar-refractivity contribution in [3.05, 3.63) is 53.6 Å². The van der Waals surface area contributed by atoms with Gasteiger partial charge in [0.25, 0.3) is 0 Å². The van der Waals surface area contributed by atoms with E-state index in [0.29, 0.717) is 30.6 Å². The van der Waals surface area contributed by atoms with Crippen molar-refractivity contribution in [1.82, 2.24) is 5.43 Å². The molecule has 0 amide bonds. The molecule has 29 heavy (non-hydrogen) atoms. The normalized spacial score (nSPS) is 11.8. The van der Waals surface area contributed by atoms with Crippen LogP contribution in [0.25, 0.3) is 0 Å². The molecule has 0 spiro atoms. The highest BCUT2D eigenvalue weighted by Crippen LogP contribution is 2.30. The Bertz CT molecular complexity index is 809. The van der Waals surface area contributed by atoms with Crippen LogP contribution in [0.2, 0.25) is 0 Å². The maximum absolute atomic E-state index is 5.93. The highest BCUT2D eigenvalue weighted by Gasteiger charge is 2.09. The monoisotopic (exact) mass is 415 g/mol. The van der Waals surface area contributed by atoms with Gasteiger partial charge in [-0.3, -0.25) is 5.43 Å². The smallest absolute Gasteiger partial charge is 0.184 e. The Kier molecular flexibility index (Phi) is 9.24. The van der Waals surface area contributed by atoms with Crippen LogP contribution < -0.4 is 25.4 Å². The van der Waals surface area contributed by atoms with Crippen LogP contribution in [-0.2, 0) is 0 Å². The number of rotatable bonds is 11. The summed E-state index contributed by atoms with van der Waals surface area (Å²) >= 11 is 4.74. The Balaban J connectivity index is 1.86. The van der Waals surface area contributed by atoms with Crippen LogP contribution in [0, 0.1) is 0 Å². The van der Waals surface area contributed by atoms with E-state index >= 15 is 0 Å². The van der Waals surface area contributed by atoms with Gasteiger partial charge in [-0.15, -0.1) is 0 Å². The Labute approximate surface area is 178 Å². The molecule has 0 aliphatic heterocycles. The molecule has 0 aliphatic rings. The number of nitrogens with zero attached hydrogens (tertiary/aromatic N) is 1. The first-order valence-electron chi connectivity index (χ1n) is 9.66. The van der Waals surface area contributed by atoms with Gasteiger partial charge in [-0.05, 0) is 54.4 Å². The van der Waals surface area contributed by atoms with E-state index in [1.54, 1.807) is 13.3 Å². The molecule has 0 bridgehead atoms. The number of nitrogens with two attached hydrogens (primary N) is 1. The molecule has 0 saturated carbocycles. The van der Waals surface area contributed by atoms with Gasteiger partial charge in [0.2, 0.25) is 0 Å².